The van der Waals surface area contributed by atoms with Crippen LogP contribution in [0.15, 0.2) is 24.3 Å². The summed E-state index contributed by atoms with van der Waals surface area (Å²) in [5.41, 5.74) is 1.06. The van der Waals surface area contributed by atoms with Crippen LogP contribution in [0.1, 0.15) is 12.0 Å². The lowest BCUT2D eigenvalue weighted by atomic mass is 10.1. The Bertz CT molecular complexity index is 415. The zero-order valence-electron chi connectivity index (χ0n) is 10.9. The highest BCUT2D eigenvalue weighted by atomic mass is 35.5. The molecule has 0 amide bonds. The number of hydrogen-bond acceptors (Lipinski definition) is 4. The van der Waals surface area contributed by atoms with E-state index in [0.717, 1.165) is 5.56 Å². The second-order valence-corrected chi connectivity index (χ2v) is 5.49. The monoisotopic (exact) mass is 285 g/mol. The van der Waals surface area contributed by atoms with Crippen LogP contribution in [0.3, 0.4) is 0 Å². The number of methoxy groups -OCH3 is 1. The predicted molar refractivity (Wildman–Crippen MR) is 74.1 cm³/mol. The number of hydrogen-bond donors (Lipinski definition) is 3. The number of halogens is 1. The Morgan fingerprint density at radius 2 is 2.16 bits per heavy atom. The minimum atomic E-state index is -0.751. The normalized spacial score (nSPS) is 30.7. The van der Waals surface area contributed by atoms with E-state index in [-0.39, 0.29) is 12.0 Å². The third-order valence-electron chi connectivity index (χ3n) is 3.64. The summed E-state index contributed by atoms with van der Waals surface area (Å²) in [4.78, 5) is 0. The average molecular weight is 286 g/mol. The quantitative estimate of drug-likeness (QED) is 0.760. The summed E-state index contributed by atoms with van der Waals surface area (Å²) in [7, 11) is 1.60. The number of aliphatic hydroxyl groups is 2. The topological polar surface area (TPSA) is 61.7 Å². The highest BCUT2D eigenvalue weighted by molar-refractivity contribution is 6.30. The van der Waals surface area contributed by atoms with Gasteiger partial charge in [0.05, 0.1) is 18.8 Å². The predicted octanol–water partition coefficient (Wildman–Crippen LogP) is 1.19. The Labute approximate surface area is 118 Å². The van der Waals surface area contributed by atoms with Gasteiger partial charge in [0.25, 0.3) is 0 Å². The van der Waals surface area contributed by atoms with Gasteiger partial charge in [-0.3, -0.25) is 0 Å². The summed E-state index contributed by atoms with van der Waals surface area (Å²) >= 11 is 5.92. The highest BCUT2D eigenvalue weighted by Gasteiger charge is 2.40. The molecule has 0 unspecified atom stereocenters. The summed E-state index contributed by atoms with van der Waals surface area (Å²) in [5.74, 6) is -0.0168. The van der Waals surface area contributed by atoms with Crippen LogP contribution in [0.4, 0.5) is 0 Å². The fourth-order valence-electron chi connectivity index (χ4n) is 2.60. The lowest BCUT2D eigenvalue weighted by Gasteiger charge is -2.18. The Morgan fingerprint density at radius 1 is 1.37 bits per heavy atom. The minimum Gasteiger partial charge on any atom is -0.390 e. The van der Waals surface area contributed by atoms with Crippen molar-refractivity contribution in [2.24, 2.45) is 5.92 Å². The summed E-state index contributed by atoms with van der Waals surface area (Å²) in [5, 5.41) is 23.9. The molecule has 3 N–H and O–H groups in total. The van der Waals surface area contributed by atoms with E-state index in [1.807, 2.05) is 24.3 Å². The largest absolute Gasteiger partial charge is 0.390 e. The summed E-state index contributed by atoms with van der Waals surface area (Å²) < 4.78 is 5.06. The molecule has 0 heterocycles. The third kappa shape index (κ3) is 3.68. The van der Waals surface area contributed by atoms with Crippen molar-refractivity contribution in [3.8, 4) is 0 Å². The number of aliphatic hydroxyl groups excluding tert-OH is 2. The van der Waals surface area contributed by atoms with Crippen LogP contribution in [0, 0.1) is 5.92 Å². The van der Waals surface area contributed by atoms with Gasteiger partial charge in [-0.1, -0.05) is 23.7 Å². The molecule has 5 heteroatoms. The Hall–Kier alpha value is -0.650. The van der Waals surface area contributed by atoms with Gasteiger partial charge in [0.2, 0.25) is 0 Å². The van der Waals surface area contributed by atoms with Crippen LogP contribution in [-0.4, -0.2) is 42.2 Å². The fraction of sp³-hybridized carbons (Fsp3) is 0.571. The average Bonchev–Trinajstić information content (AvgIpc) is 2.65. The zero-order valence-corrected chi connectivity index (χ0v) is 11.7. The van der Waals surface area contributed by atoms with E-state index in [1.165, 1.54) is 0 Å². The van der Waals surface area contributed by atoms with Crippen LogP contribution in [0.25, 0.3) is 0 Å². The van der Waals surface area contributed by atoms with Gasteiger partial charge in [0.1, 0.15) is 0 Å². The molecule has 0 aromatic heterocycles. The molecule has 4 atom stereocenters. The maximum atomic E-state index is 9.99. The SMILES string of the molecule is COC[C@H]1C[C@@H](NCc2cccc(Cl)c2)[C@H](O)[C@@H]1O. The molecule has 4 nitrogen and oxygen atoms in total. The minimum absolute atomic E-state index is 0.0168. The van der Waals surface area contributed by atoms with Gasteiger partial charge >= 0.3 is 0 Å². The molecule has 0 aliphatic heterocycles. The van der Waals surface area contributed by atoms with Crippen LogP contribution >= 0.6 is 11.6 Å². The Kier molecular flexibility index (Phi) is 5.19. The first kappa shape index (κ1) is 14.8. The molecule has 1 saturated carbocycles. The van der Waals surface area contributed by atoms with E-state index >= 15 is 0 Å². The molecule has 0 radical (unpaired) electrons. The van der Waals surface area contributed by atoms with Gasteiger partial charge in [0.15, 0.2) is 0 Å². The molecule has 106 valence electrons. The summed E-state index contributed by atoms with van der Waals surface area (Å²) in [6, 6.07) is 7.47. The maximum Gasteiger partial charge on any atom is 0.0955 e. The van der Waals surface area contributed by atoms with Crippen molar-refractivity contribution in [2.75, 3.05) is 13.7 Å². The third-order valence-corrected chi connectivity index (χ3v) is 3.88. The van der Waals surface area contributed by atoms with Crippen LogP contribution in [0.5, 0.6) is 0 Å². The molecule has 19 heavy (non-hydrogen) atoms. The maximum absolute atomic E-state index is 9.99. The van der Waals surface area contributed by atoms with E-state index in [9.17, 15) is 10.2 Å². The molecule has 0 bridgehead atoms. The number of nitrogens with one attached hydrogen (secondary N) is 1. The first-order chi connectivity index (χ1) is 9.11. The number of benzene rings is 1. The second kappa shape index (κ2) is 6.68. The molecule has 1 fully saturated rings. The van der Waals surface area contributed by atoms with E-state index in [0.29, 0.717) is 24.6 Å². The van der Waals surface area contributed by atoms with Crippen molar-refractivity contribution < 1.29 is 14.9 Å². The first-order valence-electron chi connectivity index (χ1n) is 6.44. The standard InChI is InChI=1S/C14H20ClNO3/c1-19-8-10-6-12(14(18)13(10)17)16-7-9-3-2-4-11(15)5-9/h2-5,10,12-14,16-18H,6-8H2,1H3/t10-,12-,13-,14+/m1/s1. The van der Waals surface area contributed by atoms with Gasteiger partial charge in [-0.2, -0.15) is 0 Å². The molecule has 0 saturated heterocycles. The van der Waals surface area contributed by atoms with E-state index < -0.39 is 12.2 Å². The fourth-order valence-corrected chi connectivity index (χ4v) is 2.82. The summed E-state index contributed by atoms with van der Waals surface area (Å²) in [6.07, 6.45) is -0.771. The van der Waals surface area contributed by atoms with Crippen LogP contribution in [-0.2, 0) is 11.3 Å². The van der Waals surface area contributed by atoms with Gasteiger partial charge in [-0.05, 0) is 24.1 Å². The Balaban J connectivity index is 1.89. The van der Waals surface area contributed by atoms with Gasteiger partial charge < -0.3 is 20.3 Å². The van der Waals surface area contributed by atoms with Crippen molar-refractivity contribution >= 4 is 11.6 Å². The van der Waals surface area contributed by atoms with Crippen LogP contribution < -0.4 is 5.32 Å². The van der Waals surface area contributed by atoms with Crippen molar-refractivity contribution in [2.45, 2.75) is 31.2 Å². The molecule has 2 rings (SSSR count). The molecule has 1 aromatic carbocycles. The molecule has 0 spiro atoms. The Morgan fingerprint density at radius 3 is 2.84 bits per heavy atom. The highest BCUT2D eigenvalue weighted by Crippen LogP contribution is 2.27. The van der Waals surface area contributed by atoms with Gasteiger partial charge in [-0.15, -0.1) is 0 Å². The number of rotatable bonds is 5. The lowest BCUT2D eigenvalue weighted by molar-refractivity contribution is -0.00597. The zero-order chi connectivity index (χ0) is 13.8. The first-order valence-corrected chi connectivity index (χ1v) is 6.82. The van der Waals surface area contributed by atoms with Crippen LogP contribution in [0.2, 0.25) is 5.02 Å². The van der Waals surface area contributed by atoms with E-state index in [4.69, 9.17) is 16.3 Å². The molecular formula is C14H20ClNO3. The van der Waals surface area contributed by atoms with Crippen molar-refractivity contribution in [1.29, 1.82) is 0 Å². The summed E-state index contributed by atoms with van der Waals surface area (Å²) in [6.45, 7) is 1.09. The smallest absolute Gasteiger partial charge is 0.0955 e. The lowest BCUT2D eigenvalue weighted by Crippen LogP contribution is -2.39. The van der Waals surface area contributed by atoms with E-state index in [1.54, 1.807) is 7.11 Å². The van der Waals surface area contributed by atoms with Crippen molar-refractivity contribution in [3.63, 3.8) is 0 Å². The second-order valence-electron chi connectivity index (χ2n) is 5.05. The van der Waals surface area contributed by atoms with Gasteiger partial charge in [0, 0.05) is 30.6 Å². The molecule has 1 aliphatic carbocycles. The van der Waals surface area contributed by atoms with E-state index in [2.05, 4.69) is 5.32 Å². The van der Waals surface area contributed by atoms with Gasteiger partial charge in [-0.25, -0.2) is 0 Å². The molecule has 1 aromatic rings. The molecule has 1 aliphatic rings. The van der Waals surface area contributed by atoms with Crippen molar-refractivity contribution in [3.05, 3.63) is 34.9 Å². The van der Waals surface area contributed by atoms with Crippen molar-refractivity contribution in [1.82, 2.24) is 5.32 Å². The molecular weight excluding hydrogens is 266 g/mol. The number of ether oxygens (including phenoxy) is 1.